The summed E-state index contributed by atoms with van der Waals surface area (Å²) in [6.07, 6.45) is 3.79. The van der Waals surface area contributed by atoms with Gasteiger partial charge in [0.2, 0.25) is 10.0 Å². The Morgan fingerprint density at radius 3 is 2.75 bits per heavy atom. The fourth-order valence-corrected chi connectivity index (χ4v) is 4.34. The highest BCUT2D eigenvalue weighted by atomic mass is 79.9. The van der Waals surface area contributed by atoms with Crippen molar-refractivity contribution in [2.45, 2.75) is 16.1 Å². The summed E-state index contributed by atoms with van der Waals surface area (Å²) in [5.41, 5.74) is 0. The van der Waals surface area contributed by atoms with E-state index in [1.165, 1.54) is 10.5 Å². The smallest absolute Gasteiger partial charge is 0.244 e. The largest absolute Gasteiger partial charge is 0.262 e. The van der Waals surface area contributed by atoms with Crippen LogP contribution in [0.3, 0.4) is 0 Å². The average Bonchev–Trinajstić information content (AvgIpc) is 2.65. The molecule has 0 aliphatic carbocycles. The maximum Gasteiger partial charge on any atom is 0.244 e. The topological polar surface area (TPSA) is 50.3 Å². The van der Waals surface area contributed by atoms with E-state index >= 15 is 0 Å². The van der Waals surface area contributed by atoms with Gasteiger partial charge in [0.15, 0.2) is 0 Å². The Hall–Kier alpha value is 0.0200. The molecule has 4 nitrogen and oxygen atoms in total. The van der Waals surface area contributed by atoms with Crippen LogP contribution >= 0.6 is 31.9 Å². The number of halogens is 2. The Labute approximate surface area is 111 Å². The van der Waals surface area contributed by atoms with Gasteiger partial charge >= 0.3 is 0 Å². The zero-order chi connectivity index (χ0) is 11.8. The van der Waals surface area contributed by atoms with Gasteiger partial charge in [-0.15, -0.1) is 0 Å². The zero-order valence-corrected chi connectivity index (χ0v) is 12.3. The Bertz CT molecular complexity index is 492. The standard InChI is InChI=1S/C9H10Br2N2O2S/c10-7-1-2-13(6-7)16(14,15)9-3-8(11)4-12-5-9/h3-5,7H,1-2,6H2. The van der Waals surface area contributed by atoms with Gasteiger partial charge in [0, 0.05) is 34.8 Å². The molecule has 0 aromatic carbocycles. The van der Waals surface area contributed by atoms with Crippen LogP contribution in [0.4, 0.5) is 0 Å². The summed E-state index contributed by atoms with van der Waals surface area (Å²) in [5, 5.41) is 0. The molecule has 1 fully saturated rings. The molecule has 0 amide bonds. The quantitative estimate of drug-likeness (QED) is 0.749. The Balaban J connectivity index is 2.32. The van der Waals surface area contributed by atoms with E-state index in [1.807, 2.05) is 0 Å². The first-order valence-electron chi connectivity index (χ1n) is 4.75. The second-order valence-corrected chi connectivity index (χ2v) is 7.74. The van der Waals surface area contributed by atoms with E-state index in [9.17, 15) is 8.42 Å². The lowest BCUT2D eigenvalue weighted by molar-refractivity contribution is 0.478. The minimum absolute atomic E-state index is 0.239. The summed E-state index contributed by atoms with van der Waals surface area (Å²) in [7, 11) is -3.38. The van der Waals surface area contributed by atoms with Gasteiger partial charge < -0.3 is 0 Å². The summed E-state index contributed by atoms with van der Waals surface area (Å²) in [6, 6.07) is 1.57. The monoisotopic (exact) mass is 368 g/mol. The third-order valence-corrected chi connectivity index (χ3v) is 5.42. The Morgan fingerprint density at radius 1 is 1.44 bits per heavy atom. The second kappa shape index (κ2) is 4.72. The Morgan fingerprint density at radius 2 is 2.19 bits per heavy atom. The number of alkyl halides is 1. The molecule has 2 rings (SSSR count). The van der Waals surface area contributed by atoms with E-state index in [2.05, 4.69) is 36.8 Å². The third-order valence-electron chi connectivity index (χ3n) is 2.41. The van der Waals surface area contributed by atoms with Gasteiger partial charge in [0.25, 0.3) is 0 Å². The molecule has 1 unspecified atom stereocenters. The molecule has 1 saturated heterocycles. The minimum atomic E-state index is -3.38. The van der Waals surface area contributed by atoms with E-state index in [0.717, 1.165) is 6.42 Å². The van der Waals surface area contributed by atoms with Crippen LogP contribution in [0.1, 0.15) is 6.42 Å². The lowest BCUT2D eigenvalue weighted by Crippen LogP contribution is -2.29. The van der Waals surface area contributed by atoms with Crippen molar-refractivity contribution in [3.05, 3.63) is 22.9 Å². The molecule has 0 saturated carbocycles. The maximum atomic E-state index is 12.2. The fourth-order valence-electron chi connectivity index (χ4n) is 1.59. The van der Waals surface area contributed by atoms with Crippen LogP contribution in [-0.4, -0.2) is 35.6 Å². The molecule has 0 spiro atoms. The van der Waals surface area contributed by atoms with E-state index < -0.39 is 10.0 Å². The molecule has 1 aliphatic heterocycles. The lowest BCUT2D eigenvalue weighted by atomic mass is 10.4. The maximum absolute atomic E-state index is 12.2. The van der Waals surface area contributed by atoms with Crippen molar-refractivity contribution in [3.63, 3.8) is 0 Å². The predicted molar refractivity (Wildman–Crippen MR) is 68.0 cm³/mol. The van der Waals surface area contributed by atoms with Crippen LogP contribution in [0.15, 0.2) is 27.8 Å². The molecule has 88 valence electrons. The first-order valence-corrected chi connectivity index (χ1v) is 7.90. The summed E-state index contributed by atoms with van der Waals surface area (Å²) >= 11 is 6.65. The highest BCUT2D eigenvalue weighted by Gasteiger charge is 2.31. The van der Waals surface area contributed by atoms with Crippen molar-refractivity contribution in [3.8, 4) is 0 Å². The van der Waals surface area contributed by atoms with Crippen LogP contribution in [-0.2, 0) is 10.0 Å². The van der Waals surface area contributed by atoms with Crippen molar-refractivity contribution in [1.82, 2.24) is 9.29 Å². The van der Waals surface area contributed by atoms with Crippen LogP contribution in [0.25, 0.3) is 0 Å². The van der Waals surface area contributed by atoms with E-state index in [1.54, 1.807) is 12.3 Å². The molecule has 1 aromatic heterocycles. The molecule has 1 aromatic rings. The first-order chi connectivity index (χ1) is 7.50. The number of aromatic nitrogens is 1. The first kappa shape index (κ1) is 12.5. The molecule has 0 bridgehead atoms. The lowest BCUT2D eigenvalue weighted by Gasteiger charge is -2.15. The van der Waals surface area contributed by atoms with Crippen molar-refractivity contribution in [2.24, 2.45) is 0 Å². The van der Waals surface area contributed by atoms with E-state index in [4.69, 9.17) is 0 Å². The number of hydrogen-bond donors (Lipinski definition) is 0. The normalized spacial score (nSPS) is 22.5. The van der Waals surface area contributed by atoms with E-state index in [0.29, 0.717) is 17.6 Å². The van der Waals surface area contributed by atoms with Crippen molar-refractivity contribution in [2.75, 3.05) is 13.1 Å². The minimum Gasteiger partial charge on any atom is -0.262 e. The molecule has 0 N–H and O–H groups in total. The zero-order valence-electron chi connectivity index (χ0n) is 8.31. The van der Waals surface area contributed by atoms with Crippen LogP contribution in [0.5, 0.6) is 0 Å². The van der Waals surface area contributed by atoms with Crippen LogP contribution in [0.2, 0.25) is 0 Å². The summed E-state index contributed by atoms with van der Waals surface area (Å²) in [4.78, 5) is 4.37. The predicted octanol–water partition coefficient (Wildman–Crippen LogP) is 2.00. The summed E-state index contributed by atoms with van der Waals surface area (Å²) in [6.45, 7) is 1.08. The van der Waals surface area contributed by atoms with Gasteiger partial charge in [-0.25, -0.2) is 8.42 Å². The summed E-state index contributed by atoms with van der Waals surface area (Å²) < 4.78 is 26.5. The molecule has 1 aliphatic rings. The SMILES string of the molecule is O=S(=O)(c1cncc(Br)c1)N1CCC(Br)C1. The molecular weight excluding hydrogens is 360 g/mol. The molecular formula is C9H10Br2N2O2S. The number of sulfonamides is 1. The van der Waals surface area contributed by atoms with Crippen LogP contribution in [0, 0.1) is 0 Å². The van der Waals surface area contributed by atoms with E-state index in [-0.39, 0.29) is 9.72 Å². The number of pyridine rings is 1. The Kier molecular flexibility index (Phi) is 3.68. The molecule has 16 heavy (non-hydrogen) atoms. The molecule has 2 heterocycles. The van der Waals surface area contributed by atoms with Gasteiger partial charge in [-0.2, -0.15) is 4.31 Å². The van der Waals surface area contributed by atoms with Crippen molar-refractivity contribution >= 4 is 41.9 Å². The van der Waals surface area contributed by atoms with Gasteiger partial charge in [-0.3, -0.25) is 4.98 Å². The number of nitrogens with zero attached hydrogens (tertiary/aromatic N) is 2. The highest BCUT2D eigenvalue weighted by molar-refractivity contribution is 9.10. The fraction of sp³-hybridized carbons (Fsp3) is 0.444. The highest BCUT2D eigenvalue weighted by Crippen LogP contribution is 2.25. The van der Waals surface area contributed by atoms with Gasteiger partial charge in [0.05, 0.1) is 0 Å². The van der Waals surface area contributed by atoms with Gasteiger partial charge in [0.1, 0.15) is 4.90 Å². The molecule has 0 radical (unpaired) electrons. The number of rotatable bonds is 2. The van der Waals surface area contributed by atoms with Gasteiger partial charge in [-0.05, 0) is 28.4 Å². The van der Waals surface area contributed by atoms with Gasteiger partial charge in [-0.1, -0.05) is 15.9 Å². The van der Waals surface area contributed by atoms with Crippen molar-refractivity contribution < 1.29 is 8.42 Å². The second-order valence-electron chi connectivity index (χ2n) is 3.59. The third kappa shape index (κ3) is 2.47. The summed E-state index contributed by atoms with van der Waals surface area (Å²) in [5.74, 6) is 0. The molecule has 7 heteroatoms. The molecule has 1 atom stereocenters. The average molecular weight is 370 g/mol. The van der Waals surface area contributed by atoms with Crippen LogP contribution < -0.4 is 0 Å². The number of hydrogen-bond acceptors (Lipinski definition) is 3. The van der Waals surface area contributed by atoms with Crippen molar-refractivity contribution in [1.29, 1.82) is 0 Å².